The number of hydrogen-bond donors (Lipinski definition) is 2. The van der Waals surface area contributed by atoms with Crippen LogP contribution in [-0.2, 0) is 0 Å². The van der Waals surface area contributed by atoms with Crippen molar-refractivity contribution < 1.29 is 9.53 Å². The van der Waals surface area contributed by atoms with Crippen molar-refractivity contribution >= 4 is 11.6 Å². The summed E-state index contributed by atoms with van der Waals surface area (Å²) in [4.78, 5) is 15.2. The first-order valence-corrected chi connectivity index (χ1v) is 6.21. The van der Waals surface area contributed by atoms with E-state index < -0.39 is 5.91 Å². The molecule has 0 saturated carbocycles. The minimum Gasteiger partial charge on any atom is -0.437 e. The zero-order valence-electron chi connectivity index (χ0n) is 11.7. The number of hydrogen-bond acceptors (Lipinski definition) is 4. The fourth-order valence-electron chi connectivity index (χ4n) is 1.85. The largest absolute Gasteiger partial charge is 0.437 e. The van der Waals surface area contributed by atoms with Crippen LogP contribution in [0.3, 0.4) is 0 Å². The van der Waals surface area contributed by atoms with Crippen molar-refractivity contribution in [2.24, 2.45) is 5.73 Å². The third-order valence-corrected chi connectivity index (χ3v) is 3.21. The highest BCUT2D eigenvalue weighted by molar-refractivity contribution is 5.91. The summed E-state index contributed by atoms with van der Waals surface area (Å²) in [5.41, 5.74) is 14.6. The number of ether oxygens (including phenoxy) is 1. The lowest BCUT2D eigenvalue weighted by molar-refractivity contribution is 0.0995. The van der Waals surface area contributed by atoms with Gasteiger partial charge in [0, 0.05) is 0 Å². The molecule has 1 amide bonds. The van der Waals surface area contributed by atoms with Crippen LogP contribution in [0.2, 0.25) is 0 Å². The molecule has 0 aliphatic carbocycles. The number of amides is 1. The molecule has 1 aromatic carbocycles. The molecule has 5 nitrogen and oxygen atoms in total. The Morgan fingerprint density at radius 3 is 2.40 bits per heavy atom. The second-order valence-electron chi connectivity index (χ2n) is 4.71. The number of rotatable bonds is 3. The number of nitrogens with two attached hydrogens (primary N) is 2. The van der Waals surface area contributed by atoms with Crippen LogP contribution in [0.4, 0.5) is 5.69 Å². The van der Waals surface area contributed by atoms with E-state index in [4.69, 9.17) is 16.2 Å². The van der Waals surface area contributed by atoms with Crippen molar-refractivity contribution in [2.45, 2.75) is 20.8 Å². The van der Waals surface area contributed by atoms with Gasteiger partial charge in [-0.05, 0) is 49.6 Å². The third kappa shape index (κ3) is 2.56. The third-order valence-electron chi connectivity index (χ3n) is 3.21. The zero-order chi connectivity index (χ0) is 14.9. The van der Waals surface area contributed by atoms with Crippen LogP contribution in [0.5, 0.6) is 11.6 Å². The molecule has 2 aromatic rings. The highest BCUT2D eigenvalue weighted by Gasteiger charge is 2.13. The number of benzene rings is 1. The van der Waals surface area contributed by atoms with E-state index in [1.54, 1.807) is 6.07 Å². The van der Waals surface area contributed by atoms with Gasteiger partial charge in [-0.2, -0.15) is 0 Å². The number of nitrogen functional groups attached to an aromatic ring is 1. The molecule has 0 aliphatic heterocycles. The van der Waals surface area contributed by atoms with Crippen LogP contribution >= 0.6 is 0 Å². The Morgan fingerprint density at radius 1 is 1.10 bits per heavy atom. The van der Waals surface area contributed by atoms with Gasteiger partial charge in [-0.1, -0.05) is 12.1 Å². The molecular formula is C15H17N3O2. The van der Waals surface area contributed by atoms with E-state index >= 15 is 0 Å². The second-order valence-corrected chi connectivity index (χ2v) is 4.71. The van der Waals surface area contributed by atoms with E-state index in [1.807, 2.05) is 32.9 Å². The number of carbonyl (C=O) groups excluding carboxylic acids is 1. The molecular weight excluding hydrogens is 254 g/mol. The molecule has 0 saturated heterocycles. The van der Waals surface area contributed by atoms with Crippen LogP contribution in [0.1, 0.15) is 27.2 Å². The minimum atomic E-state index is -0.618. The van der Waals surface area contributed by atoms with E-state index in [-0.39, 0.29) is 11.6 Å². The van der Waals surface area contributed by atoms with Crippen molar-refractivity contribution in [1.29, 1.82) is 0 Å². The first-order chi connectivity index (χ1) is 9.40. The lowest BCUT2D eigenvalue weighted by Crippen LogP contribution is -2.13. The summed E-state index contributed by atoms with van der Waals surface area (Å²) in [7, 11) is 0. The van der Waals surface area contributed by atoms with Gasteiger partial charge in [0.15, 0.2) is 0 Å². The van der Waals surface area contributed by atoms with Gasteiger partial charge in [0.2, 0.25) is 5.88 Å². The van der Waals surface area contributed by atoms with Crippen LogP contribution in [0, 0.1) is 20.8 Å². The Balaban J connectivity index is 2.47. The van der Waals surface area contributed by atoms with Gasteiger partial charge in [0.05, 0.1) is 5.69 Å². The molecule has 0 fully saturated rings. The van der Waals surface area contributed by atoms with Crippen molar-refractivity contribution in [3.63, 3.8) is 0 Å². The summed E-state index contributed by atoms with van der Waals surface area (Å²) < 4.78 is 5.80. The summed E-state index contributed by atoms with van der Waals surface area (Å²) in [6.07, 6.45) is 0. The first-order valence-electron chi connectivity index (χ1n) is 6.21. The maximum Gasteiger partial charge on any atom is 0.267 e. The molecule has 1 heterocycles. The van der Waals surface area contributed by atoms with E-state index in [9.17, 15) is 4.79 Å². The predicted molar refractivity (Wildman–Crippen MR) is 77.9 cm³/mol. The molecule has 20 heavy (non-hydrogen) atoms. The Hall–Kier alpha value is -2.56. The molecule has 0 spiro atoms. The Labute approximate surface area is 117 Å². The fraction of sp³-hybridized carbons (Fsp3) is 0.200. The standard InChI is InChI=1S/C15H17N3O2/c1-8-4-5-9(2)13(10(8)3)20-15-11(16)6-7-12(18-15)14(17)19/h4-7H,16H2,1-3H3,(H2,17,19). The number of nitrogens with zero attached hydrogens (tertiary/aromatic N) is 1. The van der Waals surface area contributed by atoms with Crippen LogP contribution in [0.25, 0.3) is 0 Å². The van der Waals surface area contributed by atoms with Gasteiger partial charge in [-0.25, -0.2) is 4.98 Å². The number of aryl methyl sites for hydroxylation is 2. The minimum absolute atomic E-state index is 0.122. The second kappa shape index (κ2) is 5.21. The Kier molecular flexibility index (Phi) is 3.61. The van der Waals surface area contributed by atoms with Crippen LogP contribution in [-0.4, -0.2) is 10.9 Å². The lowest BCUT2D eigenvalue weighted by atomic mass is 10.1. The number of carbonyl (C=O) groups is 1. The van der Waals surface area contributed by atoms with E-state index in [2.05, 4.69) is 4.98 Å². The Morgan fingerprint density at radius 2 is 1.75 bits per heavy atom. The lowest BCUT2D eigenvalue weighted by Gasteiger charge is -2.14. The Bertz CT molecular complexity index is 681. The normalized spacial score (nSPS) is 10.3. The molecule has 0 unspecified atom stereocenters. The van der Waals surface area contributed by atoms with Crippen LogP contribution < -0.4 is 16.2 Å². The van der Waals surface area contributed by atoms with Crippen molar-refractivity contribution in [3.8, 4) is 11.6 Å². The van der Waals surface area contributed by atoms with Gasteiger partial charge in [0.25, 0.3) is 5.91 Å². The number of anilines is 1. The van der Waals surface area contributed by atoms with Gasteiger partial charge in [-0.15, -0.1) is 0 Å². The number of primary amides is 1. The summed E-state index contributed by atoms with van der Waals surface area (Å²) in [5.74, 6) is 0.274. The van der Waals surface area contributed by atoms with Crippen molar-refractivity contribution in [2.75, 3.05) is 5.73 Å². The molecule has 0 aliphatic rings. The predicted octanol–water partition coefficient (Wildman–Crippen LogP) is 2.48. The van der Waals surface area contributed by atoms with Crippen molar-refractivity contribution in [3.05, 3.63) is 46.6 Å². The average molecular weight is 271 g/mol. The average Bonchev–Trinajstić information content (AvgIpc) is 2.41. The van der Waals surface area contributed by atoms with Gasteiger partial charge >= 0.3 is 0 Å². The summed E-state index contributed by atoms with van der Waals surface area (Å²) in [6.45, 7) is 5.90. The van der Waals surface area contributed by atoms with Gasteiger partial charge in [0.1, 0.15) is 11.4 Å². The smallest absolute Gasteiger partial charge is 0.267 e. The zero-order valence-corrected chi connectivity index (χ0v) is 11.7. The van der Waals surface area contributed by atoms with Gasteiger partial charge < -0.3 is 16.2 Å². The fourth-order valence-corrected chi connectivity index (χ4v) is 1.85. The molecule has 104 valence electrons. The molecule has 0 bridgehead atoms. The topological polar surface area (TPSA) is 91.2 Å². The van der Waals surface area contributed by atoms with Crippen molar-refractivity contribution in [1.82, 2.24) is 4.98 Å². The maximum atomic E-state index is 11.2. The molecule has 1 aromatic heterocycles. The van der Waals surface area contributed by atoms with E-state index in [0.717, 1.165) is 16.7 Å². The molecule has 0 atom stereocenters. The monoisotopic (exact) mass is 271 g/mol. The maximum absolute atomic E-state index is 11.2. The highest BCUT2D eigenvalue weighted by Crippen LogP contribution is 2.32. The van der Waals surface area contributed by atoms with E-state index in [0.29, 0.717) is 11.4 Å². The van der Waals surface area contributed by atoms with E-state index in [1.165, 1.54) is 6.07 Å². The number of aromatic nitrogens is 1. The van der Waals surface area contributed by atoms with Crippen LogP contribution in [0.15, 0.2) is 24.3 Å². The molecule has 0 radical (unpaired) electrons. The first kappa shape index (κ1) is 13.9. The molecule has 5 heteroatoms. The SMILES string of the molecule is Cc1ccc(C)c(Oc2nc(C(N)=O)ccc2N)c1C. The quantitative estimate of drug-likeness (QED) is 0.897. The summed E-state index contributed by atoms with van der Waals surface area (Å²) >= 11 is 0. The molecule has 4 N–H and O–H groups in total. The highest BCUT2D eigenvalue weighted by atomic mass is 16.5. The summed E-state index contributed by atoms with van der Waals surface area (Å²) in [6, 6.07) is 7.02. The summed E-state index contributed by atoms with van der Waals surface area (Å²) in [5, 5.41) is 0. The van der Waals surface area contributed by atoms with Gasteiger partial charge in [-0.3, -0.25) is 4.79 Å². The number of pyridine rings is 1. The molecule has 2 rings (SSSR count).